The third kappa shape index (κ3) is 5.23. The number of benzene rings is 1. The number of hydrogen-bond donors (Lipinski definition) is 1. The van der Waals surface area contributed by atoms with Gasteiger partial charge in [0, 0.05) is 43.9 Å². The van der Waals surface area contributed by atoms with Gasteiger partial charge in [0.2, 0.25) is 0 Å². The summed E-state index contributed by atoms with van der Waals surface area (Å²) < 4.78 is 28.9. The van der Waals surface area contributed by atoms with Crippen LogP contribution < -0.4 is 5.32 Å². The molecule has 0 unspecified atom stereocenters. The van der Waals surface area contributed by atoms with E-state index in [4.69, 9.17) is 0 Å². The van der Waals surface area contributed by atoms with Crippen LogP contribution in [0.3, 0.4) is 0 Å². The quantitative estimate of drug-likeness (QED) is 0.483. The van der Waals surface area contributed by atoms with Gasteiger partial charge in [0.15, 0.2) is 9.84 Å². The van der Waals surface area contributed by atoms with E-state index in [0.717, 1.165) is 11.2 Å². The van der Waals surface area contributed by atoms with Crippen LogP contribution in [0, 0.1) is 6.92 Å². The molecule has 0 saturated heterocycles. The number of sulfone groups is 1. The van der Waals surface area contributed by atoms with E-state index in [1.54, 1.807) is 43.2 Å². The van der Waals surface area contributed by atoms with Gasteiger partial charge in [-0.25, -0.2) is 13.4 Å². The Balaban J connectivity index is 0.00000141. The number of pyridine rings is 1. The van der Waals surface area contributed by atoms with Crippen LogP contribution in [0.2, 0.25) is 0 Å². The number of amides is 1. The van der Waals surface area contributed by atoms with Crippen molar-refractivity contribution in [2.24, 2.45) is 7.05 Å². The average Bonchev–Trinajstić information content (AvgIpc) is 3.40. The molecule has 3 heterocycles. The Morgan fingerprint density at radius 3 is 2.56 bits per heavy atom. The maximum Gasteiger partial charge on any atom is 0.251 e. The smallest absolute Gasteiger partial charge is 0.251 e. The number of imidazole rings is 1. The summed E-state index contributed by atoms with van der Waals surface area (Å²) in [6.07, 6.45) is 7.16. The highest BCUT2D eigenvalue weighted by molar-refractivity contribution is 7.90. The number of rotatable bonds is 6. The topological polar surface area (TPSA) is 98.4 Å². The Morgan fingerprint density at radius 1 is 1.09 bits per heavy atom. The molecular formula is C23H27N5O3S. The number of fused-ring (bicyclic) bond motifs is 1. The van der Waals surface area contributed by atoms with Gasteiger partial charge >= 0.3 is 0 Å². The highest BCUT2D eigenvalue weighted by Crippen LogP contribution is 2.21. The Bertz CT molecular complexity index is 1340. The molecular weight excluding hydrogens is 426 g/mol. The molecule has 4 rings (SSSR count). The van der Waals surface area contributed by atoms with Crippen molar-refractivity contribution >= 4 is 21.4 Å². The molecule has 8 nitrogen and oxygen atoms in total. The van der Waals surface area contributed by atoms with Crippen LogP contribution in [0.15, 0.2) is 66.1 Å². The Hall–Kier alpha value is -3.46. The fourth-order valence-corrected chi connectivity index (χ4v) is 4.83. The van der Waals surface area contributed by atoms with Gasteiger partial charge in [-0.05, 0) is 48.4 Å². The molecule has 32 heavy (non-hydrogen) atoms. The number of nitrogens with zero attached hydrogens (tertiary/aromatic N) is 4. The molecule has 4 aromatic rings. The summed E-state index contributed by atoms with van der Waals surface area (Å²) in [5, 5.41) is 7.00. The zero-order valence-electron chi connectivity index (χ0n) is 18.6. The molecule has 1 aromatic carbocycles. The van der Waals surface area contributed by atoms with Crippen LogP contribution in [-0.4, -0.2) is 33.5 Å². The second-order valence-electron chi connectivity index (χ2n) is 7.13. The molecule has 1 amide bonds. The van der Waals surface area contributed by atoms with Crippen molar-refractivity contribution in [3.05, 3.63) is 83.6 Å². The van der Waals surface area contributed by atoms with E-state index in [1.165, 1.54) is 12.1 Å². The lowest BCUT2D eigenvalue weighted by Crippen LogP contribution is -2.23. The minimum Gasteiger partial charge on any atom is -0.348 e. The maximum absolute atomic E-state index is 12.8. The van der Waals surface area contributed by atoms with Gasteiger partial charge in [-0.15, -0.1) is 0 Å². The minimum absolute atomic E-state index is 0.184. The first-order valence-electron chi connectivity index (χ1n) is 10.3. The van der Waals surface area contributed by atoms with Crippen LogP contribution in [0.25, 0.3) is 5.65 Å². The minimum atomic E-state index is -3.56. The monoisotopic (exact) mass is 453 g/mol. The predicted octanol–water partition coefficient (Wildman–Crippen LogP) is 3.31. The first-order chi connectivity index (χ1) is 15.3. The third-order valence-corrected chi connectivity index (χ3v) is 6.59. The lowest BCUT2D eigenvalue weighted by Gasteiger charge is -2.10. The Labute approximate surface area is 187 Å². The average molecular weight is 454 g/mol. The van der Waals surface area contributed by atoms with Crippen molar-refractivity contribution in [2.75, 3.05) is 0 Å². The first kappa shape index (κ1) is 23.2. The van der Waals surface area contributed by atoms with Gasteiger partial charge in [0.1, 0.15) is 5.65 Å². The molecule has 0 aliphatic carbocycles. The number of aromatic nitrogens is 4. The molecule has 1 N–H and O–H groups in total. The van der Waals surface area contributed by atoms with E-state index in [9.17, 15) is 13.2 Å². The van der Waals surface area contributed by atoms with Gasteiger partial charge in [-0.3, -0.25) is 9.48 Å². The molecule has 9 heteroatoms. The normalized spacial score (nSPS) is 11.1. The molecule has 0 atom stereocenters. The van der Waals surface area contributed by atoms with E-state index in [-0.39, 0.29) is 16.6 Å². The lowest BCUT2D eigenvalue weighted by atomic mass is 10.1. The fraction of sp³-hybridized carbons (Fsp3) is 0.261. The standard InChI is InChI=1S/C21H21N5O3S.C2H6/c1-15-11-17(4-5-19(15)30(28,29)14-18-7-9-25(2)24-18)21(27)23-12-16-3-6-20-22-8-10-26(20)13-16;1-2/h3-11,13H,12,14H2,1-2H3,(H,23,27);1-2H3. The SMILES string of the molecule is CC.Cc1cc(C(=O)NCc2ccc3nccn3c2)ccc1S(=O)(=O)Cc1ccn(C)n1. The fourth-order valence-electron chi connectivity index (χ4n) is 3.31. The predicted molar refractivity (Wildman–Crippen MR) is 123 cm³/mol. The number of hydrogen-bond acceptors (Lipinski definition) is 5. The summed E-state index contributed by atoms with van der Waals surface area (Å²) in [6.45, 7) is 6.04. The molecule has 0 radical (unpaired) electrons. The van der Waals surface area contributed by atoms with E-state index < -0.39 is 9.84 Å². The summed E-state index contributed by atoms with van der Waals surface area (Å²) in [7, 11) is -1.82. The maximum atomic E-state index is 12.8. The summed E-state index contributed by atoms with van der Waals surface area (Å²) in [6, 6.07) is 10.1. The van der Waals surface area contributed by atoms with E-state index in [1.807, 2.05) is 42.8 Å². The van der Waals surface area contributed by atoms with Crippen LogP contribution >= 0.6 is 0 Å². The molecule has 0 spiro atoms. The first-order valence-corrected chi connectivity index (χ1v) is 12.0. The van der Waals surface area contributed by atoms with Gasteiger partial charge in [-0.2, -0.15) is 5.10 Å². The molecule has 0 aliphatic rings. The Morgan fingerprint density at radius 2 is 1.88 bits per heavy atom. The van der Waals surface area contributed by atoms with Crippen molar-refractivity contribution in [2.45, 2.75) is 38.0 Å². The second-order valence-corrected chi connectivity index (χ2v) is 9.09. The number of aryl methyl sites for hydroxylation is 2. The van der Waals surface area contributed by atoms with Crippen molar-refractivity contribution in [3.8, 4) is 0 Å². The largest absolute Gasteiger partial charge is 0.348 e. The van der Waals surface area contributed by atoms with Crippen molar-refractivity contribution in [1.29, 1.82) is 0 Å². The van der Waals surface area contributed by atoms with Crippen molar-refractivity contribution in [1.82, 2.24) is 24.5 Å². The zero-order valence-corrected chi connectivity index (χ0v) is 19.4. The van der Waals surface area contributed by atoms with Crippen LogP contribution in [0.1, 0.15) is 41.0 Å². The van der Waals surface area contributed by atoms with Crippen molar-refractivity contribution in [3.63, 3.8) is 0 Å². The highest BCUT2D eigenvalue weighted by atomic mass is 32.2. The molecule has 0 bridgehead atoms. The van der Waals surface area contributed by atoms with Crippen LogP contribution in [0.5, 0.6) is 0 Å². The van der Waals surface area contributed by atoms with Gasteiger partial charge in [0.25, 0.3) is 5.91 Å². The van der Waals surface area contributed by atoms with Gasteiger partial charge in [0.05, 0.1) is 16.3 Å². The second kappa shape index (κ2) is 9.78. The summed E-state index contributed by atoms with van der Waals surface area (Å²) in [4.78, 5) is 16.9. The summed E-state index contributed by atoms with van der Waals surface area (Å²) >= 11 is 0. The van der Waals surface area contributed by atoms with Gasteiger partial charge in [-0.1, -0.05) is 19.9 Å². The number of carbonyl (C=O) groups is 1. The van der Waals surface area contributed by atoms with Crippen LogP contribution in [-0.2, 0) is 29.2 Å². The summed E-state index contributed by atoms with van der Waals surface area (Å²) in [5.41, 5.74) is 3.18. The van der Waals surface area contributed by atoms with Crippen LogP contribution in [0.4, 0.5) is 0 Å². The van der Waals surface area contributed by atoms with E-state index in [0.29, 0.717) is 23.4 Å². The van der Waals surface area contributed by atoms with E-state index >= 15 is 0 Å². The van der Waals surface area contributed by atoms with E-state index in [2.05, 4.69) is 15.4 Å². The molecule has 168 valence electrons. The molecule has 3 aromatic heterocycles. The number of carbonyl (C=O) groups excluding carboxylic acids is 1. The third-order valence-electron chi connectivity index (χ3n) is 4.78. The lowest BCUT2D eigenvalue weighted by molar-refractivity contribution is 0.0950. The molecule has 0 saturated carbocycles. The summed E-state index contributed by atoms with van der Waals surface area (Å²) in [5.74, 6) is -0.450. The Kier molecular flexibility index (Phi) is 7.09. The number of nitrogens with one attached hydrogen (secondary N) is 1. The zero-order chi connectivity index (χ0) is 23.3. The molecule has 0 fully saturated rings. The van der Waals surface area contributed by atoms with Crippen molar-refractivity contribution < 1.29 is 13.2 Å². The molecule has 0 aliphatic heterocycles. The van der Waals surface area contributed by atoms with Gasteiger partial charge < -0.3 is 9.72 Å². The highest BCUT2D eigenvalue weighted by Gasteiger charge is 2.20.